The summed E-state index contributed by atoms with van der Waals surface area (Å²) < 4.78 is 5.60. The number of esters is 1. The van der Waals surface area contributed by atoms with E-state index in [1.807, 2.05) is 42.5 Å². The van der Waals surface area contributed by atoms with E-state index in [0.717, 1.165) is 67.4 Å². The monoisotopic (exact) mass is 443 g/mol. The number of aryl methyl sites for hydroxylation is 1. The molecule has 0 radical (unpaired) electrons. The summed E-state index contributed by atoms with van der Waals surface area (Å²) >= 11 is 0. The first-order chi connectivity index (χ1) is 16.2. The Morgan fingerprint density at radius 2 is 1.58 bits per heavy atom. The van der Waals surface area contributed by atoms with Crippen molar-refractivity contribution < 1.29 is 14.3 Å². The zero-order valence-corrected chi connectivity index (χ0v) is 18.8. The van der Waals surface area contributed by atoms with Gasteiger partial charge in [-0.3, -0.25) is 9.78 Å². The first kappa shape index (κ1) is 21.4. The second kappa shape index (κ2) is 9.61. The van der Waals surface area contributed by atoms with Gasteiger partial charge in [0.15, 0.2) is 6.61 Å². The number of aromatic nitrogens is 1. The summed E-state index contributed by atoms with van der Waals surface area (Å²) in [6, 6.07) is 17.9. The van der Waals surface area contributed by atoms with E-state index in [-0.39, 0.29) is 12.5 Å². The van der Waals surface area contributed by atoms with Crippen molar-refractivity contribution in [3.8, 4) is 0 Å². The number of anilines is 1. The Labute approximate surface area is 194 Å². The highest BCUT2D eigenvalue weighted by atomic mass is 16.5. The number of carbonyl (C=O) groups is 2. The maximum atomic E-state index is 13.2. The van der Waals surface area contributed by atoms with Gasteiger partial charge in [-0.15, -0.1) is 0 Å². The molecule has 0 unspecified atom stereocenters. The van der Waals surface area contributed by atoms with E-state index < -0.39 is 5.97 Å². The lowest BCUT2D eigenvalue weighted by Crippen LogP contribution is -2.49. The van der Waals surface area contributed by atoms with Crippen molar-refractivity contribution in [1.82, 2.24) is 9.88 Å². The Hall–Kier alpha value is -3.41. The summed E-state index contributed by atoms with van der Waals surface area (Å²) in [4.78, 5) is 34.9. The van der Waals surface area contributed by atoms with E-state index in [0.29, 0.717) is 18.7 Å². The highest BCUT2D eigenvalue weighted by Gasteiger charge is 2.25. The predicted molar refractivity (Wildman–Crippen MR) is 129 cm³/mol. The molecule has 0 N–H and O–H groups in total. The van der Waals surface area contributed by atoms with Crippen LogP contribution in [0, 0.1) is 0 Å². The molecular formula is C27H29N3O3. The Morgan fingerprint density at radius 1 is 0.848 bits per heavy atom. The molecule has 0 bridgehead atoms. The minimum Gasteiger partial charge on any atom is -0.452 e. The number of rotatable bonds is 4. The summed E-state index contributed by atoms with van der Waals surface area (Å²) in [7, 11) is 0. The molecular weight excluding hydrogens is 414 g/mol. The molecule has 2 aliphatic rings. The molecule has 33 heavy (non-hydrogen) atoms. The number of pyridine rings is 1. The van der Waals surface area contributed by atoms with Gasteiger partial charge < -0.3 is 14.5 Å². The van der Waals surface area contributed by atoms with Gasteiger partial charge in [-0.2, -0.15) is 0 Å². The fourth-order valence-corrected chi connectivity index (χ4v) is 4.93. The Bertz CT molecular complexity index is 1150. The SMILES string of the molecule is O=C(OCC(=O)N1CCN(c2ccccc2)CC1)c1c2c(nc3ccccc13)CCCCC2. The first-order valence-corrected chi connectivity index (χ1v) is 11.9. The third-order valence-electron chi connectivity index (χ3n) is 6.70. The maximum Gasteiger partial charge on any atom is 0.339 e. The smallest absolute Gasteiger partial charge is 0.339 e. The van der Waals surface area contributed by atoms with Gasteiger partial charge >= 0.3 is 5.97 Å². The fraction of sp³-hybridized carbons (Fsp3) is 0.370. The van der Waals surface area contributed by atoms with Gasteiger partial charge in [0.2, 0.25) is 0 Å². The molecule has 170 valence electrons. The summed E-state index contributed by atoms with van der Waals surface area (Å²) in [5.41, 5.74) is 4.58. The van der Waals surface area contributed by atoms with E-state index in [9.17, 15) is 9.59 Å². The zero-order chi connectivity index (χ0) is 22.6. The molecule has 6 heteroatoms. The maximum absolute atomic E-state index is 13.2. The van der Waals surface area contributed by atoms with Gasteiger partial charge in [0.05, 0.1) is 11.1 Å². The van der Waals surface area contributed by atoms with Crippen LogP contribution in [0.4, 0.5) is 5.69 Å². The van der Waals surface area contributed by atoms with E-state index in [2.05, 4.69) is 17.0 Å². The van der Waals surface area contributed by atoms with Crippen LogP contribution in [0.2, 0.25) is 0 Å². The van der Waals surface area contributed by atoms with Crippen molar-refractivity contribution >= 4 is 28.5 Å². The lowest BCUT2D eigenvalue weighted by atomic mass is 9.97. The number of hydrogen-bond donors (Lipinski definition) is 0. The Morgan fingerprint density at radius 3 is 2.39 bits per heavy atom. The fourth-order valence-electron chi connectivity index (χ4n) is 4.93. The predicted octanol–water partition coefficient (Wildman–Crippen LogP) is 4.01. The third-order valence-corrected chi connectivity index (χ3v) is 6.70. The molecule has 3 aromatic rings. The van der Waals surface area contributed by atoms with Gasteiger partial charge in [0, 0.05) is 42.9 Å². The number of carbonyl (C=O) groups excluding carboxylic acids is 2. The number of fused-ring (bicyclic) bond motifs is 2. The Balaban J connectivity index is 1.27. The van der Waals surface area contributed by atoms with Crippen molar-refractivity contribution in [3.63, 3.8) is 0 Å². The van der Waals surface area contributed by atoms with Crippen molar-refractivity contribution in [2.75, 3.05) is 37.7 Å². The van der Waals surface area contributed by atoms with Crippen LogP contribution in [0.25, 0.3) is 10.9 Å². The lowest BCUT2D eigenvalue weighted by molar-refractivity contribution is -0.134. The van der Waals surface area contributed by atoms with Crippen LogP contribution >= 0.6 is 0 Å². The van der Waals surface area contributed by atoms with Gasteiger partial charge in [0.1, 0.15) is 0 Å². The molecule has 0 saturated carbocycles. The van der Waals surface area contributed by atoms with Gasteiger partial charge in [-0.1, -0.05) is 42.8 Å². The number of piperazine rings is 1. The largest absolute Gasteiger partial charge is 0.452 e. The molecule has 1 saturated heterocycles. The third kappa shape index (κ3) is 4.56. The average Bonchev–Trinajstić information content (AvgIpc) is 3.11. The van der Waals surface area contributed by atoms with Gasteiger partial charge in [-0.25, -0.2) is 4.79 Å². The number of ether oxygens (including phenoxy) is 1. The van der Waals surface area contributed by atoms with Crippen LogP contribution in [0.3, 0.4) is 0 Å². The number of hydrogen-bond acceptors (Lipinski definition) is 5. The first-order valence-electron chi connectivity index (χ1n) is 11.9. The van der Waals surface area contributed by atoms with E-state index in [4.69, 9.17) is 9.72 Å². The Kier molecular flexibility index (Phi) is 6.24. The topological polar surface area (TPSA) is 62.7 Å². The van der Waals surface area contributed by atoms with Crippen LogP contribution in [0.1, 0.15) is 40.9 Å². The molecule has 2 aromatic carbocycles. The molecule has 0 atom stereocenters. The molecule has 1 amide bonds. The summed E-state index contributed by atoms with van der Waals surface area (Å²) in [6.45, 7) is 2.56. The van der Waals surface area contributed by atoms with Crippen molar-refractivity contribution in [1.29, 1.82) is 0 Å². The molecule has 0 spiro atoms. The van der Waals surface area contributed by atoms with Crippen LogP contribution in [0.5, 0.6) is 0 Å². The highest BCUT2D eigenvalue weighted by Crippen LogP contribution is 2.29. The number of benzene rings is 2. The molecule has 1 aromatic heterocycles. The standard InChI is InChI=1S/C27H29N3O3/c31-25(30-17-15-29(16-18-30)20-9-3-1-4-10-20)19-33-27(32)26-21-11-5-2-6-13-23(21)28-24-14-8-7-12-22(24)26/h1,3-4,7-10,12,14H,2,5-6,11,13,15-19H2. The second-order valence-corrected chi connectivity index (χ2v) is 8.77. The molecule has 1 fully saturated rings. The van der Waals surface area contributed by atoms with Crippen molar-refractivity contribution in [2.45, 2.75) is 32.1 Å². The van der Waals surface area contributed by atoms with Crippen LogP contribution in [-0.4, -0.2) is 54.5 Å². The quantitative estimate of drug-likeness (QED) is 0.450. The number of nitrogens with zero attached hydrogens (tertiary/aromatic N) is 3. The molecule has 5 rings (SSSR count). The molecule has 6 nitrogen and oxygen atoms in total. The second-order valence-electron chi connectivity index (χ2n) is 8.77. The van der Waals surface area contributed by atoms with Crippen LogP contribution < -0.4 is 4.90 Å². The van der Waals surface area contributed by atoms with Gasteiger partial charge in [-0.05, 0) is 49.4 Å². The summed E-state index contributed by atoms with van der Waals surface area (Å²) in [5, 5.41) is 0.812. The minimum atomic E-state index is -0.414. The molecule has 2 heterocycles. The highest BCUT2D eigenvalue weighted by molar-refractivity contribution is 6.05. The van der Waals surface area contributed by atoms with Crippen molar-refractivity contribution in [2.24, 2.45) is 0 Å². The van der Waals surface area contributed by atoms with Gasteiger partial charge in [0.25, 0.3) is 5.91 Å². The summed E-state index contributed by atoms with van der Waals surface area (Å²) in [5.74, 6) is -0.552. The average molecular weight is 444 g/mol. The van der Waals surface area contributed by atoms with Crippen LogP contribution in [-0.2, 0) is 22.4 Å². The minimum absolute atomic E-state index is 0.138. The number of para-hydroxylation sites is 2. The zero-order valence-electron chi connectivity index (χ0n) is 18.8. The van der Waals surface area contributed by atoms with E-state index in [1.165, 1.54) is 5.69 Å². The summed E-state index contributed by atoms with van der Waals surface area (Å²) in [6.07, 6.45) is 4.96. The molecule has 1 aliphatic heterocycles. The number of amides is 1. The normalized spacial score (nSPS) is 16.2. The van der Waals surface area contributed by atoms with Crippen LogP contribution in [0.15, 0.2) is 54.6 Å². The van der Waals surface area contributed by atoms with E-state index in [1.54, 1.807) is 4.90 Å². The molecule has 1 aliphatic carbocycles. The van der Waals surface area contributed by atoms with Crippen molar-refractivity contribution in [3.05, 3.63) is 71.4 Å². The van der Waals surface area contributed by atoms with E-state index >= 15 is 0 Å². The lowest BCUT2D eigenvalue weighted by Gasteiger charge is -2.36.